The Balaban J connectivity index is 1.44. The largest absolute Gasteiger partial charge is 0.335 e. The van der Waals surface area contributed by atoms with E-state index in [0.717, 1.165) is 20.9 Å². The van der Waals surface area contributed by atoms with Crippen LogP contribution >= 0.6 is 22.9 Å². The maximum Gasteiger partial charge on any atom is 0.267 e. The molecule has 2 aliphatic rings. The molecule has 7 nitrogen and oxygen atoms in total. The number of benzene rings is 1. The van der Waals surface area contributed by atoms with Crippen LogP contribution in [0, 0.1) is 0 Å². The van der Waals surface area contributed by atoms with Gasteiger partial charge in [-0.15, -0.1) is 11.3 Å². The van der Waals surface area contributed by atoms with Gasteiger partial charge in [0.25, 0.3) is 15.9 Å². The van der Waals surface area contributed by atoms with E-state index in [1.807, 2.05) is 0 Å². The summed E-state index contributed by atoms with van der Waals surface area (Å²) < 4.78 is 55.7. The summed E-state index contributed by atoms with van der Waals surface area (Å²) in [6, 6.07) is 5.53. The number of piperidine rings is 1. The van der Waals surface area contributed by atoms with Crippen molar-refractivity contribution in [2.45, 2.75) is 35.4 Å². The Morgan fingerprint density at radius 3 is 2.77 bits per heavy atom. The molecule has 0 unspecified atom stereocenters. The number of carbonyl (C=O) groups excluding carboxylic acids is 2. The number of halogens is 3. The predicted octanol–water partition coefficient (Wildman–Crippen LogP) is 2.69. The molecule has 1 aromatic heterocycles. The maximum absolute atomic E-state index is 13.4. The lowest BCUT2D eigenvalue weighted by Gasteiger charge is -2.33. The Hall–Kier alpha value is -1.82. The summed E-state index contributed by atoms with van der Waals surface area (Å²) in [5.41, 5.74) is 0. The average molecular weight is 492 g/mol. The van der Waals surface area contributed by atoms with Gasteiger partial charge in [0.1, 0.15) is 10.3 Å². The van der Waals surface area contributed by atoms with Gasteiger partial charge in [0.15, 0.2) is 0 Å². The Kier molecular flexibility index (Phi) is 5.97. The molecule has 1 N–H and O–H groups in total. The second kappa shape index (κ2) is 8.27. The molecule has 2 saturated heterocycles. The van der Waals surface area contributed by atoms with Crippen LogP contribution in [-0.2, 0) is 19.6 Å². The number of fused-ring (bicyclic) bond motifs is 1. The second-order valence-electron chi connectivity index (χ2n) is 7.74. The minimum Gasteiger partial charge on any atom is -0.335 e. The molecule has 1 atom stereocenters. The Labute approximate surface area is 187 Å². The minimum absolute atomic E-state index is 0.0557. The van der Waals surface area contributed by atoms with E-state index in [0.29, 0.717) is 23.3 Å². The van der Waals surface area contributed by atoms with Gasteiger partial charge in [-0.25, -0.2) is 17.2 Å². The van der Waals surface area contributed by atoms with E-state index >= 15 is 0 Å². The number of hydrogen-bond acceptors (Lipinski definition) is 5. The molecule has 31 heavy (non-hydrogen) atoms. The summed E-state index contributed by atoms with van der Waals surface area (Å²) >= 11 is 7.02. The first-order chi connectivity index (χ1) is 14.5. The zero-order valence-corrected chi connectivity index (χ0v) is 18.7. The van der Waals surface area contributed by atoms with Crippen LogP contribution in [0.4, 0.5) is 8.78 Å². The SMILES string of the molecule is O=C(CN1CCC[C@H](NS(=O)(=O)c2cc3cc(Cl)ccc3s2)C1=O)N1CCC(F)(F)C1. The van der Waals surface area contributed by atoms with Gasteiger partial charge in [0.2, 0.25) is 11.8 Å². The number of carbonyl (C=O) groups is 2. The molecule has 0 bridgehead atoms. The molecule has 3 heterocycles. The quantitative estimate of drug-likeness (QED) is 0.696. The van der Waals surface area contributed by atoms with Crippen molar-refractivity contribution >= 4 is 54.9 Å². The number of sulfonamides is 1. The fraction of sp³-hybridized carbons (Fsp3) is 0.474. The molecule has 2 amide bonds. The Morgan fingerprint density at radius 2 is 2.06 bits per heavy atom. The highest BCUT2D eigenvalue weighted by molar-refractivity contribution is 7.91. The number of rotatable bonds is 5. The van der Waals surface area contributed by atoms with Crippen molar-refractivity contribution in [1.29, 1.82) is 0 Å². The highest BCUT2D eigenvalue weighted by Gasteiger charge is 2.41. The summed E-state index contributed by atoms with van der Waals surface area (Å²) in [5.74, 6) is -4.00. The average Bonchev–Trinajstić information content (AvgIpc) is 3.28. The van der Waals surface area contributed by atoms with Crippen LogP contribution in [0.3, 0.4) is 0 Å². The highest BCUT2D eigenvalue weighted by Crippen LogP contribution is 2.31. The summed E-state index contributed by atoms with van der Waals surface area (Å²) in [6.07, 6.45) is 0.390. The molecule has 0 saturated carbocycles. The third-order valence-corrected chi connectivity index (χ3v) is 8.69. The molecule has 1 aromatic carbocycles. The molecule has 2 aromatic rings. The fourth-order valence-electron chi connectivity index (χ4n) is 3.79. The van der Waals surface area contributed by atoms with E-state index in [1.165, 1.54) is 11.0 Å². The van der Waals surface area contributed by atoms with Gasteiger partial charge in [-0.2, -0.15) is 4.72 Å². The topological polar surface area (TPSA) is 86.8 Å². The normalized spacial score (nSPS) is 21.8. The van der Waals surface area contributed by atoms with Gasteiger partial charge in [-0.05, 0) is 42.5 Å². The lowest BCUT2D eigenvalue weighted by molar-refractivity contribution is -0.143. The number of likely N-dealkylation sites (tertiary alicyclic amines) is 2. The van der Waals surface area contributed by atoms with E-state index < -0.39 is 46.8 Å². The first-order valence-electron chi connectivity index (χ1n) is 9.70. The van der Waals surface area contributed by atoms with E-state index in [1.54, 1.807) is 18.2 Å². The van der Waals surface area contributed by atoms with Gasteiger partial charge < -0.3 is 9.80 Å². The van der Waals surface area contributed by atoms with E-state index in [4.69, 9.17) is 11.6 Å². The monoisotopic (exact) mass is 491 g/mol. The lowest BCUT2D eigenvalue weighted by atomic mass is 10.1. The molecular formula is C19H20ClF2N3O4S2. The van der Waals surface area contributed by atoms with Crippen LogP contribution < -0.4 is 4.72 Å². The highest BCUT2D eigenvalue weighted by atomic mass is 35.5. The van der Waals surface area contributed by atoms with E-state index in [9.17, 15) is 26.8 Å². The number of nitrogens with one attached hydrogen (secondary N) is 1. The summed E-state index contributed by atoms with van der Waals surface area (Å²) in [7, 11) is -3.97. The number of alkyl halides is 2. The molecule has 2 aliphatic heterocycles. The number of amides is 2. The number of nitrogens with zero attached hydrogens (tertiary/aromatic N) is 2. The van der Waals surface area contributed by atoms with Gasteiger partial charge in [-0.3, -0.25) is 9.59 Å². The van der Waals surface area contributed by atoms with Crippen molar-refractivity contribution in [3.05, 3.63) is 29.3 Å². The summed E-state index contributed by atoms with van der Waals surface area (Å²) in [4.78, 5) is 27.4. The van der Waals surface area contributed by atoms with Crippen molar-refractivity contribution < 1.29 is 26.8 Å². The van der Waals surface area contributed by atoms with Crippen LogP contribution in [0.2, 0.25) is 5.02 Å². The molecule has 168 valence electrons. The van der Waals surface area contributed by atoms with E-state index in [2.05, 4.69) is 4.72 Å². The van der Waals surface area contributed by atoms with Gasteiger partial charge in [-0.1, -0.05) is 11.6 Å². The zero-order valence-electron chi connectivity index (χ0n) is 16.3. The predicted molar refractivity (Wildman–Crippen MR) is 113 cm³/mol. The van der Waals surface area contributed by atoms with Crippen LogP contribution in [0.15, 0.2) is 28.5 Å². The Bertz CT molecular complexity index is 1140. The van der Waals surface area contributed by atoms with E-state index in [-0.39, 0.29) is 23.8 Å². The van der Waals surface area contributed by atoms with Crippen molar-refractivity contribution in [3.63, 3.8) is 0 Å². The van der Waals surface area contributed by atoms with Crippen molar-refractivity contribution in [3.8, 4) is 0 Å². The number of hydrogen-bond donors (Lipinski definition) is 1. The minimum atomic E-state index is -3.97. The van der Waals surface area contributed by atoms with Gasteiger partial charge >= 0.3 is 0 Å². The summed E-state index contributed by atoms with van der Waals surface area (Å²) in [6.45, 7) is -0.775. The van der Waals surface area contributed by atoms with Gasteiger partial charge in [0.05, 0.1) is 13.1 Å². The molecule has 0 aliphatic carbocycles. The van der Waals surface area contributed by atoms with Crippen LogP contribution in [0.25, 0.3) is 10.1 Å². The summed E-state index contributed by atoms with van der Waals surface area (Å²) in [5, 5.41) is 1.17. The van der Waals surface area contributed by atoms with Crippen LogP contribution in [0.1, 0.15) is 19.3 Å². The van der Waals surface area contributed by atoms with Crippen molar-refractivity contribution in [2.75, 3.05) is 26.2 Å². The fourth-order valence-corrected chi connectivity index (χ4v) is 6.59. The standard InChI is InChI=1S/C19H20ClF2N3O4S2/c20-13-3-4-15-12(8-13)9-17(30-15)31(28,29)23-14-2-1-6-24(18(14)27)10-16(26)25-7-5-19(21,22)11-25/h3-4,8-9,14,23H,1-2,5-7,10-11H2/t14-/m0/s1. The van der Waals surface area contributed by atoms with Crippen LogP contribution in [0.5, 0.6) is 0 Å². The molecule has 0 spiro atoms. The first-order valence-corrected chi connectivity index (χ1v) is 12.4. The third kappa shape index (κ3) is 4.84. The molecule has 2 fully saturated rings. The molecule has 0 radical (unpaired) electrons. The molecule has 12 heteroatoms. The maximum atomic E-state index is 13.4. The lowest BCUT2D eigenvalue weighted by Crippen LogP contribution is -2.54. The third-order valence-electron chi connectivity index (χ3n) is 5.40. The zero-order chi connectivity index (χ0) is 22.4. The number of thiophene rings is 1. The first kappa shape index (κ1) is 22.4. The van der Waals surface area contributed by atoms with Gasteiger partial charge in [0, 0.05) is 29.2 Å². The molecule has 4 rings (SSSR count). The second-order valence-corrected chi connectivity index (χ2v) is 11.2. The smallest absolute Gasteiger partial charge is 0.267 e. The van der Waals surface area contributed by atoms with Crippen molar-refractivity contribution in [1.82, 2.24) is 14.5 Å². The Morgan fingerprint density at radius 1 is 1.29 bits per heavy atom. The van der Waals surface area contributed by atoms with Crippen LogP contribution in [-0.4, -0.2) is 68.2 Å². The van der Waals surface area contributed by atoms with Crippen molar-refractivity contribution in [2.24, 2.45) is 0 Å². The molecular weight excluding hydrogens is 472 g/mol.